The molecule has 2 rings (SSSR count). The fourth-order valence-electron chi connectivity index (χ4n) is 2.51. The van der Waals surface area contributed by atoms with E-state index in [1.54, 1.807) is 37.3 Å². The van der Waals surface area contributed by atoms with Gasteiger partial charge in [0.2, 0.25) is 11.9 Å². The van der Waals surface area contributed by atoms with E-state index in [9.17, 15) is 14.4 Å². The van der Waals surface area contributed by atoms with Gasteiger partial charge in [-0.2, -0.15) is 0 Å². The summed E-state index contributed by atoms with van der Waals surface area (Å²) in [5.41, 5.74) is 1.29. The maximum absolute atomic E-state index is 12.4. The molecule has 0 N–H and O–H groups in total. The highest BCUT2D eigenvalue weighted by molar-refractivity contribution is 6.04. The molecule has 0 aromatic heterocycles. The number of carbonyl (C=O) groups excluding carboxylic acids is 3. The summed E-state index contributed by atoms with van der Waals surface area (Å²) in [5.74, 6) is -0.000468. The molecule has 0 radical (unpaired) electrons. The number of rotatable bonds is 9. The van der Waals surface area contributed by atoms with Gasteiger partial charge in [0.05, 0.1) is 20.8 Å². The van der Waals surface area contributed by atoms with Crippen molar-refractivity contribution in [2.45, 2.75) is 13.0 Å². The van der Waals surface area contributed by atoms with E-state index in [4.69, 9.17) is 18.9 Å². The smallest absolute Gasteiger partial charge is 0.351 e. The Morgan fingerprint density at radius 3 is 2.59 bits per heavy atom. The Morgan fingerprint density at radius 1 is 1.14 bits per heavy atom. The van der Waals surface area contributed by atoms with Crippen LogP contribution in [0.3, 0.4) is 0 Å². The van der Waals surface area contributed by atoms with E-state index < -0.39 is 12.1 Å². The largest absolute Gasteiger partial charge is 0.493 e. The first kappa shape index (κ1) is 21.7. The van der Waals surface area contributed by atoms with Crippen LogP contribution in [0, 0.1) is 0 Å². The van der Waals surface area contributed by atoms with Gasteiger partial charge in [-0.1, -0.05) is 18.2 Å². The minimum atomic E-state index is -1.08. The van der Waals surface area contributed by atoms with Crippen molar-refractivity contribution in [1.29, 1.82) is 0 Å². The normalized spacial score (nSPS) is 15.8. The first-order valence-corrected chi connectivity index (χ1v) is 8.85. The molecule has 0 amide bonds. The van der Waals surface area contributed by atoms with Gasteiger partial charge in [0.15, 0.2) is 17.3 Å². The van der Waals surface area contributed by atoms with Crippen LogP contribution in [0.4, 0.5) is 0 Å². The third-order valence-electron chi connectivity index (χ3n) is 3.86. The second-order valence-corrected chi connectivity index (χ2v) is 5.77. The van der Waals surface area contributed by atoms with Gasteiger partial charge in [-0.05, 0) is 54.5 Å². The number of ether oxygens (including phenoxy) is 4. The van der Waals surface area contributed by atoms with Crippen LogP contribution in [0.5, 0.6) is 11.5 Å². The molecule has 29 heavy (non-hydrogen) atoms. The Hall–Kier alpha value is -3.61. The number of allylic oxidation sites excluding steroid dienone is 5. The molecular formula is C22H22O7. The SMILES string of the molecule is CCOC(=O)C(/C=C1/C=CC(=O)C(OC)=C1)Oc1ccc(/C=C/C=O)cc1OC. The molecule has 0 aliphatic heterocycles. The molecule has 0 bridgehead atoms. The number of hydrogen-bond donors (Lipinski definition) is 0. The Balaban J connectivity index is 2.36. The molecule has 0 heterocycles. The van der Waals surface area contributed by atoms with Crippen molar-refractivity contribution in [3.05, 3.63) is 65.5 Å². The highest BCUT2D eigenvalue weighted by atomic mass is 16.6. The monoisotopic (exact) mass is 398 g/mol. The van der Waals surface area contributed by atoms with Crippen LogP contribution in [0.2, 0.25) is 0 Å². The van der Waals surface area contributed by atoms with E-state index in [1.807, 2.05) is 0 Å². The molecule has 0 spiro atoms. The summed E-state index contributed by atoms with van der Waals surface area (Å²) in [4.78, 5) is 34.6. The number of esters is 1. The lowest BCUT2D eigenvalue weighted by Gasteiger charge is -2.18. The third-order valence-corrected chi connectivity index (χ3v) is 3.86. The first-order valence-electron chi connectivity index (χ1n) is 8.85. The van der Waals surface area contributed by atoms with Crippen LogP contribution in [0.1, 0.15) is 12.5 Å². The lowest BCUT2D eigenvalue weighted by molar-refractivity contribution is -0.149. The lowest BCUT2D eigenvalue weighted by Crippen LogP contribution is -2.28. The summed E-state index contributed by atoms with van der Waals surface area (Å²) in [6.45, 7) is 1.88. The van der Waals surface area contributed by atoms with Gasteiger partial charge in [-0.3, -0.25) is 9.59 Å². The number of methoxy groups -OCH3 is 2. The molecule has 1 unspecified atom stereocenters. The van der Waals surface area contributed by atoms with Crippen molar-refractivity contribution in [2.24, 2.45) is 0 Å². The van der Waals surface area contributed by atoms with E-state index in [2.05, 4.69) is 0 Å². The van der Waals surface area contributed by atoms with Crippen LogP contribution < -0.4 is 9.47 Å². The maximum Gasteiger partial charge on any atom is 0.351 e. The molecular weight excluding hydrogens is 376 g/mol. The van der Waals surface area contributed by atoms with Crippen LogP contribution in [-0.2, 0) is 23.9 Å². The van der Waals surface area contributed by atoms with E-state index in [0.717, 1.165) is 5.56 Å². The van der Waals surface area contributed by atoms with Crippen LogP contribution in [0.25, 0.3) is 6.08 Å². The van der Waals surface area contributed by atoms with Gasteiger partial charge in [0.1, 0.15) is 6.29 Å². The number of hydrogen-bond acceptors (Lipinski definition) is 7. The average molecular weight is 398 g/mol. The molecule has 1 aromatic rings. The predicted molar refractivity (Wildman–Crippen MR) is 106 cm³/mol. The van der Waals surface area contributed by atoms with E-state index in [0.29, 0.717) is 23.4 Å². The van der Waals surface area contributed by atoms with Crippen molar-refractivity contribution in [2.75, 3.05) is 20.8 Å². The zero-order chi connectivity index (χ0) is 21.2. The van der Waals surface area contributed by atoms with Crippen molar-refractivity contribution in [1.82, 2.24) is 0 Å². The molecule has 0 saturated heterocycles. The molecule has 0 saturated carbocycles. The summed E-state index contributed by atoms with van der Waals surface area (Å²) in [7, 11) is 2.86. The minimum Gasteiger partial charge on any atom is -0.493 e. The van der Waals surface area contributed by atoms with Gasteiger partial charge in [0.25, 0.3) is 0 Å². The Kier molecular flexibility index (Phi) is 7.97. The Bertz CT molecular complexity index is 890. The summed E-state index contributed by atoms with van der Waals surface area (Å²) in [5, 5.41) is 0. The van der Waals surface area contributed by atoms with Gasteiger partial charge >= 0.3 is 5.97 Å². The quantitative estimate of drug-likeness (QED) is 0.359. The zero-order valence-electron chi connectivity index (χ0n) is 16.4. The average Bonchev–Trinajstić information content (AvgIpc) is 2.73. The second-order valence-electron chi connectivity index (χ2n) is 5.77. The highest BCUT2D eigenvalue weighted by Gasteiger charge is 2.23. The maximum atomic E-state index is 12.4. The standard InChI is InChI=1S/C22H22O7/c1-4-28-22(25)21(14-16-7-9-17(24)19(13-16)26-2)29-18-10-8-15(6-5-11-23)12-20(18)27-3/h5-14,21H,4H2,1-3H3/b6-5+,16-14-. The first-order chi connectivity index (χ1) is 14.0. The second kappa shape index (κ2) is 10.7. The summed E-state index contributed by atoms with van der Waals surface area (Å²) >= 11 is 0. The molecule has 1 aliphatic carbocycles. The summed E-state index contributed by atoms with van der Waals surface area (Å²) in [6.07, 6.45) is 8.52. The van der Waals surface area contributed by atoms with Crippen molar-refractivity contribution >= 4 is 24.1 Å². The molecule has 7 heteroatoms. The molecule has 7 nitrogen and oxygen atoms in total. The van der Waals surface area contributed by atoms with E-state index in [1.165, 1.54) is 38.5 Å². The highest BCUT2D eigenvalue weighted by Crippen LogP contribution is 2.30. The van der Waals surface area contributed by atoms with Crippen molar-refractivity contribution in [3.63, 3.8) is 0 Å². The topological polar surface area (TPSA) is 88.1 Å². The van der Waals surface area contributed by atoms with Crippen LogP contribution in [-0.4, -0.2) is 45.0 Å². The Labute approximate surface area is 168 Å². The molecule has 1 aliphatic rings. The summed E-state index contributed by atoms with van der Waals surface area (Å²) in [6, 6.07) is 5.02. The number of aldehydes is 1. The molecule has 1 atom stereocenters. The fraction of sp³-hybridized carbons (Fsp3) is 0.227. The van der Waals surface area contributed by atoms with Crippen LogP contribution >= 0.6 is 0 Å². The number of carbonyl (C=O) groups is 3. The van der Waals surface area contributed by atoms with E-state index >= 15 is 0 Å². The third kappa shape index (κ3) is 5.93. The molecule has 1 aromatic carbocycles. The Morgan fingerprint density at radius 2 is 1.93 bits per heavy atom. The minimum absolute atomic E-state index is 0.158. The van der Waals surface area contributed by atoms with Crippen molar-refractivity contribution in [3.8, 4) is 11.5 Å². The van der Waals surface area contributed by atoms with Gasteiger partial charge in [-0.15, -0.1) is 0 Å². The molecule has 0 fully saturated rings. The lowest BCUT2D eigenvalue weighted by atomic mass is 10.1. The summed E-state index contributed by atoms with van der Waals surface area (Å²) < 4.78 is 21.3. The van der Waals surface area contributed by atoms with Gasteiger partial charge < -0.3 is 18.9 Å². The zero-order valence-corrected chi connectivity index (χ0v) is 16.4. The van der Waals surface area contributed by atoms with E-state index in [-0.39, 0.29) is 18.1 Å². The number of ketones is 1. The number of benzene rings is 1. The van der Waals surface area contributed by atoms with Crippen LogP contribution in [0.15, 0.2) is 59.9 Å². The van der Waals surface area contributed by atoms with Gasteiger partial charge in [0, 0.05) is 0 Å². The van der Waals surface area contributed by atoms with Gasteiger partial charge in [-0.25, -0.2) is 4.79 Å². The van der Waals surface area contributed by atoms with Crippen molar-refractivity contribution < 1.29 is 33.3 Å². The molecule has 152 valence electrons. The predicted octanol–water partition coefficient (Wildman–Crippen LogP) is 2.81. The fourth-order valence-corrected chi connectivity index (χ4v) is 2.51.